The van der Waals surface area contributed by atoms with Gasteiger partial charge in [0.2, 0.25) is 0 Å². The Labute approximate surface area is 148 Å². The predicted molar refractivity (Wildman–Crippen MR) is 104 cm³/mol. The summed E-state index contributed by atoms with van der Waals surface area (Å²) in [6, 6.07) is 19.4. The Morgan fingerprint density at radius 3 is 1.80 bits per heavy atom. The topological polar surface area (TPSA) is 64.0 Å². The average molecular weight is 358 g/mol. The van der Waals surface area contributed by atoms with E-state index in [4.69, 9.17) is 0 Å². The zero-order chi connectivity index (χ0) is 17.9. The van der Waals surface area contributed by atoms with E-state index in [0.717, 1.165) is 11.4 Å². The molecular weight excluding hydrogens is 335 g/mol. The maximum atomic E-state index is 11.9. The van der Waals surface area contributed by atoms with E-state index >= 15 is 0 Å². The number of carboxylic acids is 1. The van der Waals surface area contributed by atoms with Crippen LogP contribution < -0.4 is 9.34 Å². The first-order valence-corrected chi connectivity index (χ1v) is 10.2. The van der Waals surface area contributed by atoms with E-state index in [1.807, 2.05) is 70.0 Å². The van der Waals surface area contributed by atoms with Crippen LogP contribution in [0, 0.1) is 0 Å². The molecule has 1 heterocycles. The van der Waals surface area contributed by atoms with Gasteiger partial charge >= 0.3 is 148 Å². The first-order chi connectivity index (χ1) is 12.1. The SMILES string of the molecule is C/C=C(\CC(=O)O)[PH]1(O)N(c2ccccc2)CCN1c1ccccc1. The van der Waals surface area contributed by atoms with Gasteiger partial charge in [0.05, 0.1) is 0 Å². The molecule has 0 atom stereocenters. The van der Waals surface area contributed by atoms with Crippen LogP contribution in [-0.2, 0) is 4.79 Å². The first-order valence-electron chi connectivity index (χ1n) is 8.32. The molecule has 132 valence electrons. The molecule has 25 heavy (non-hydrogen) atoms. The molecule has 3 rings (SSSR count). The molecule has 0 spiro atoms. The summed E-state index contributed by atoms with van der Waals surface area (Å²) in [6.07, 6.45) is 1.60. The molecular formula is C19H23N2O3P. The molecule has 0 aliphatic carbocycles. The van der Waals surface area contributed by atoms with Gasteiger partial charge in [-0.1, -0.05) is 0 Å². The normalized spacial score (nSPS) is 18.2. The molecule has 0 amide bonds. The van der Waals surface area contributed by atoms with Crippen LogP contribution >= 0.6 is 7.79 Å². The quantitative estimate of drug-likeness (QED) is 0.794. The van der Waals surface area contributed by atoms with Crippen molar-refractivity contribution in [3.63, 3.8) is 0 Å². The van der Waals surface area contributed by atoms with Crippen molar-refractivity contribution in [2.45, 2.75) is 13.3 Å². The standard InChI is InChI=1S/C19H23N2O3P/c1-2-18(15-19(22)23)25(24)20(16-9-5-3-6-10-16)13-14-21(25)17-11-7-4-8-12-17/h2-12,24-25H,13-15H2,1H3,(H,22,23)/b18-2+. The summed E-state index contributed by atoms with van der Waals surface area (Å²) >= 11 is 0. The van der Waals surface area contributed by atoms with E-state index in [2.05, 4.69) is 0 Å². The predicted octanol–water partition coefficient (Wildman–Crippen LogP) is 3.88. The molecule has 0 aromatic heterocycles. The molecule has 1 fully saturated rings. The molecule has 1 saturated heterocycles. The Morgan fingerprint density at radius 2 is 1.44 bits per heavy atom. The Morgan fingerprint density at radius 1 is 1.00 bits per heavy atom. The van der Waals surface area contributed by atoms with Crippen molar-refractivity contribution in [1.82, 2.24) is 0 Å². The molecule has 5 nitrogen and oxygen atoms in total. The van der Waals surface area contributed by atoms with Gasteiger partial charge in [0.15, 0.2) is 0 Å². The number of aliphatic carboxylic acids is 1. The zero-order valence-corrected chi connectivity index (χ0v) is 15.2. The van der Waals surface area contributed by atoms with Crippen molar-refractivity contribution < 1.29 is 14.8 Å². The van der Waals surface area contributed by atoms with Crippen molar-refractivity contribution in [2.75, 3.05) is 22.4 Å². The van der Waals surface area contributed by atoms with Gasteiger partial charge in [-0.3, -0.25) is 0 Å². The molecule has 0 bridgehead atoms. The second-order valence-corrected chi connectivity index (χ2v) is 8.99. The molecule has 1 aliphatic rings. The van der Waals surface area contributed by atoms with Gasteiger partial charge in [0.1, 0.15) is 0 Å². The number of anilines is 2. The third kappa shape index (κ3) is 3.26. The zero-order valence-electron chi connectivity index (χ0n) is 14.2. The Balaban J connectivity index is 2.10. The summed E-state index contributed by atoms with van der Waals surface area (Å²) in [5, 5.41) is 9.92. The summed E-state index contributed by atoms with van der Waals surface area (Å²) in [6.45, 7) is 3.10. The summed E-state index contributed by atoms with van der Waals surface area (Å²) in [5.41, 5.74) is 1.83. The molecule has 6 heteroatoms. The van der Waals surface area contributed by atoms with Gasteiger partial charge in [-0.15, -0.1) is 0 Å². The van der Waals surface area contributed by atoms with E-state index in [-0.39, 0.29) is 6.42 Å². The minimum absolute atomic E-state index is 0.161. The number of hydrogen-bond donors (Lipinski definition) is 2. The van der Waals surface area contributed by atoms with Crippen LogP contribution in [0.25, 0.3) is 0 Å². The van der Waals surface area contributed by atoms with Crippen LogP contribution in [0.4, 0.5) is 11.4 Å². The Bertz CT molecular complexity index is 717. The fourth-order valence-electron chi connectivity index (χ4n) is 3.42. The number of para-hydroxylation sites is 2. The molecule has 2 aromatic carbocycles. The fourth-order valence-corrected chi connectivity index (χ4v) is 7.02. The fraction of sp³-hybridized carbons (Fsp3) is 0.211. The van der Waals surface area contributed by atoms with E-state index in [0.29, 0.717) is 18.4 Å². The third-order valence-corrected chi connectivity index (χ3v) is 8.35. The number of hydrogen-bond acceptors (Lipinski definition) is 4. The van der Waals surface area contributed by atoms with Gasteiger partial charge in [0.25, 0.3) is 0 Å². The number of carbonyl (C=O) groups is 1. The van der Waals surface area contributed by atoms with Crippen molar-refractivity contribution in [1.29, 1.82) is 0 Å². The van der Waals surface area contributed by atoms with Crippen LogP contribution in [0.2, 0.25) is 0 Å². The van der Waals surface area contributed by atoms with Crippen LogP contribution in [0.15, 0.2) is 72.1 Å². The van der Waals surface area contributed by atoms with E-state index < -0.39 is 13.8 Å². The molecule has 1 aliphatic heterocycles. The van der Waals surface area contributed by atoms with Crippen molar-refractivity contribution in [2.24, 2.45) is 0 Å². The monoisotopic (exact) mass is 358 g/mol. The summed E-state index contributed by atoms with van der Waals surface area (Å²) in [4.78, 5) is 23.3. The van der Waals surface area contributed by atoms with Crippen molar-refractivity contribution in [3.8, 4) is 0 Å². The number of nitrogens with zero attached hydrogens (tertiary/aromatic N) is 2. The molecule has 0 unspecified atom stereocenters. The molecule has 0 radical (unpaired) electrons. The summed E-state index contributed by atoms with van der Waals surface area (Å²) in [5.74, 6) is -0.929. The van der Waals surface area contributed by atoms with E-state index in [1.54, 1.807) is 13.0 Å². The van der Waals surface area contributed by atoms with Gasteiger partial charge in [-0.2, -0.15) is 0 Å². The van der Waals surface area contributed by atoms with Crippen molar-refractivity contribution in [3.05, 3.63) is 72.1 Å². The Kier molecular flexibility index (Phi) is 5.07. The molecule has 2 aromatic rings. The van der Waals surface area contributed by atoms with Gasteiger partial charge in [0, 0.05) is 0 Å². The summed E-state index contributed by atoms with van der Waals surface area (Å²) in [7, 11) is -3.37. The van der Waals surface area contributed by atoms with Gasteiger partial charge in [-0.05, 0) is 0 Å². The van der Waals surface area contributed by atoms with E-state index in [1.165, 1.54) is 0 Å². The third-order valence-electron chi connectivity index (χ3n) is 4.56. The van der Waals surface area contributed by atoms with Crippen LogP contribution in [0.3, 0.4) is 0 Å². The maximum absolute atomic E-state index is 11.9. The summed E-state index contributed by atoms with van der Waals surface area (Å²) < 4.78 is 4.00. The molecule has 0 saturated carbocycles. The van der Waals surface area contributed by atoms with Crippen LogP contribution in [0.5, 0.6) is 0 Å². The number of carboxylic acid groups (broad SMARTS) is 1. The molecule has 2 N–H and O–H groups in total. The van der Waals surface area contributed by atoms with Crippen molar-refractivity contribution >= 4 is 25.1 Å². The van der Waals surface area contributed by atoms with Gasteiger partial charge < -0.3 is 0 Å². The number of benzene rings is 2. The van der Waals surface area contributed by atoms with E-state index in [9.17, 15) is 14.8 Å². The minimum atomic E-state index is -3.37. The second-order valence-electron chi connectivity index (χ2n) is 5.99. The van der Waals surface area contributed by atoms with Crippen LogP contribution in [0.1, 0.15) is 13.3 Å². The second kappa shape index (κ2) is 7.26. The average Bonchev–Trinajstić information content (AvgIpc) is 2.99. The number of allylic oxidation sites excluding steroid dienone is 1. The van der Waals surface area contributed by atoms with Crippen LogP contribution in [-0.4, -0.2) is 29.1 Å². The first kappa shape index (κ1) is 17.5. The van der Waals surface area contributed by atoms with Gasteiger partial charge in [-0.25, -0.2) is 0 Å². The Hall–Kier alpha value is -2.36. The number of rotatable bonds is 5.